The maximum Gasteiger partial charge on any atom is 0.232 e. The summed E-state index contributed by atoms with van der Waals surface area (Å²) in [5.74, 6) is 1.000. The highest BCUT2D eigenvalue weighted by molar-refractivity contribution is 8.00. The molecular weight excluding hydrogens is 450 g/mol. The number of rotatable bonds is 6. The number of nitriles is 1. The van der Waals surface area contributed by atoms with E-state index in [1.165, 1.54) is 11.8 Å². The number of ether oxygens (including phenoxy) is 1. The van der Waals surface area contributed by atoms with Crippen LogP contribution < -0.4 is 4.90 Å². The quantitative estimate of drug-likeness (QED) is 0.246. The zero-order valence-corrected chi connectivity index (χ0v) is 19.4. The average molecular weight is 474 g/mol. The highest BCUT2D eigenvalue weighted by atomic mass is 32.2. The molecule has 5 rings (SSSR count). The van der Waals surface area contributed by atoms with Gasteiger partial charge in [0.15, 0.2) is 11.0 Å². The largest absolute Gasteiger partial charge is 0.510 e. The number of nitrogens with one attached hydrogen (secondary N) is 1. The standard InChI is InChI=1S/C24H23N7O2S/c1-16(21(32)18(15-25)22-26-19-9-5-6-10-20(19)27-22)34-24-29-28-23(30-11-13-33-14-12-30)31(24)17-7-3-2-4-8-17/h2-10,16,32H,11-14H2,1H3,(H,26,27)/b21-18-. The lowest BCUT2D eigenvalue weighted by Gasteiger charge is -2.28. The van der Waals surface area contributed by atoms with E-state index in [0.29, 0.717) is 24.2 Å². The van der Waals surface area contributed by atoms with Crippen molar-refractivity contribution in [3.63, 3.8) is 0 Å². The molecule has 1 unspecified atom stereocenters. The van der Waals surface area contributed by atoms with Crippen molar-refractivity contribution in [2.45, 2.75) is 17.3 Å². The summed E-state index contributed by atoms with van der Waals surface area (Å²) < 4.78 is 7.47. The number of benzene rings is 2. The van der Waals surface area contributed by atoms with E-state index in [-0.39, 0.29) is 11.3 Å². The van der Waals surface area contributed by atoms with Crippen molar-refractivity contribution in [2.24, 2.45) is 0 Å². The van der Waals surface area contributed by atoms with Crippen LogP contribution in [0.4, 0.5) is 5.95 Å². The van der Waals surface area contributed by atoms with Crippen LogP contribution in [0.25, 0.3) is 22.3 Å². The van der Waals surface area contributed by atoms with Gasteiger partial charge in [0, 0.05) is 13.1 Å². The van der Waals surface area contributed by atoms with Gasteiger partial charge < -0.3 is 19.7 Å². The van der Waals surface area contributed by atoms with Gasteiger partial charge in [0.1, 0.15) is 17.4 Å². The number of morpholine rings is 1. The Hall–Kier alpha value is -3.81. The van der Waals surface area contributed by atoms with Gasteiger partial charge in [-0.25, -0.2) is 4.98 Å². The molecule has 10 heteroatoms. The van der Waals surface area contributed by atoms with Gasteiger partial charge in [0.25, 0.3) is 0 Å². The molecule has 1 atom stereocenters. The number of aromatic amines is 1. The summed E-state index contributed by atoms with van der Waals surface area (Å²) in [5.41, 5.74) is 2.56. The molecule has 34 heavy (non-hydrogen) atoms. The molecule has 0 amide bonds. The molecule has 0 saturated carbocycles. The fourth-order valence-electron chi connectivity index (χ4n) is 3.83. The van der Waals surface area contributed by atoms with Crippen molar-refractivity contribution in [3.05, 3.63) is 66.2 Å². The van der Waals surface area contributed by atoms with E-state index in [1.807, 2.05) is 66.1 Å². The Kier molecular flexibility index (Phi) is 6.20. The molecule has 1 saturated heterocycles. The molecule has 1 fully saturated rings. The van der Waals surface area contributed by atoms with Crippen LogP contribution in [0.5, 0.6) is 0 Å². The summed E-state index contributed by atoms with van der Waals surface area (Å²) in [4.78, 5) is 9.73. The molecule has 0 aliphatic carbocycles. The second kappa shape index (κ2) is 9.59. The fourth-order valence-corrected chi connectivity index (χ4v) is 4.76. The second-order valence-corrected chi connectivity index (χ2v) is 9.10. The smallest absolute Gasteiger partial charge is 0.232 e. The van der Waals surface area contributed by atoms with Crippen LogP contribution >= 0.6 is 11.8 Å². The van der Waals surface area contributed by atoms with Crippen LogP contribution in [0.2, 0.25) is 0 Å². The number of para-hydroxylation sites is 3. The van der Waals surface area contributed by atoms with Crippen molar-refractivity contribution < 1.29 is 9.84 Å². The number of aliphatic hydroxyl groups excluding tert-OH is 1. The number of H-pyrrole nitrogens is 1. The molecule has 0 radical (unpaired) electrons. The third-order valence-corrected chi connectivity index (χ3v) is 6.64. The highest BCUT2D eigenvalue weighted by Gasteiger charge is 2.25. The van der Waals surface area contributed by atoms with E-state index in [2.05, 4.69) is 31.1 Å². The van der Waals surface area contributed by atoms with Crippen molar-refractivity contribution in [1.29, 1.82) is 5.26 Å². The molecule has 1 aliphatic heterocycles. The first kappa shape index (κ1) is 22.0. The predicted octanol–water partition coefficient (Wildman–Crippen LogP) is 3.95. The maximum absolute atomic E-state index is 11.0. The van der Waals surface area contributed by atoms with Gasteiger partial charge in [0.2, 0.25) is 5.95 Å². The van der Waals surface area contributed by atoms with Gasteiger partial charge in [-0.15, -0.1) is 10.2 Å². The monoisotopic (exact) mass is 473 g/mol. The summed E-state index contributed by atoms with van der Waals surface area (Å²) in [6, 6.07) is 19.5. The normalized spacial score (nSPS) is 15.7. The zero-order valence-electron chi connectivity index (χ0n) is 18.5. The Labute approximate surface area is 200 Å². The second-order valence-electron chi connectivity index (χ2n) is 7.79. The Bertz CT molecular complexity index is 1330. The summed E-state index contributed by atoms with van der Waals surface area (Å²) in [6.45, 7) is 4.54. The molecule has 2 aromatic carbocycles. The van der Waals surface area contributed by atoms with Crippen molar-refractivity contribution >= 4 is 34.3 Å². The van der Waals surface area contributed by atoms with Gasteiger partial charge in [0.05, 0.1) is 35.2 Å². The van der Waals surface area contributed by atoms with Crippen LogP contribution in [-0.2, 0) is 4.74 Å². The van der Waals surface area contributed by atoms with Crippen molar-refractivity contribution in [2.75, 3.05) is 31.2 Å². The Morgan fingerprint density at radius 3 is 2.59 bits per heavy atom. The van der Waals surface area contributed by atoms with Gasteiger partial charge in [-0.05, 0) is 31.2 Å². The third kappa shape index (κ3) is 4.23. The summed E-state index contributed by atoms with van der Waals surface area (Å²) in [7, 11) is 0. The van der Waals surface area contributed by atoms with Gasteiger partial charge in [-0.3, -0.25) is 4.57 Å². The topological polar surface area (TPSA) is 116 Å². The van der Waals surface area contributed by atoms with Crippen LogP contribution in [0.15, 0.2) is 65.5 Å². The minimum atomic E-state index is -0.466. The number of thioether (sulfide) groups is 1. The lowest BCUT2D eigenvalue weighted by atomic mass is 10.2. The van der Waals surface area contributed by atoms with E-state index in [9.17, 15) is 10.4 Å². The summed E-state index contributed by atoms with van der Waals surface area (Å²) in [5, 5.41) is 29.9. The molecule has 1 aliphatic rings. The van der Waals surface area contributed by atoms with Crippen LogP contribution in [-0.4, -0.2) is 61.4 Å². The number of aromatic nitrogens is 5. The summed E-state index contributed by atoms with van der Waals surface area (Å²) >= 11 is 1.33. The van der Waals surface area contributed by atoms with Gasteiger partial charge >= 0.3 is 0 Å². The molecule has 9 nitrogen and oxygen atoms in total. The number of hydrogen-bond donors (Lipinski definition) is 2. The molecule has 0 spiro atoms. The molecule has 2 N–H and O–H groups in total. The van der Waals surface area contributed by atoms with Gasteiger partial charge in [-0.2, -0.15) is 5.26 Å². The van der Waals surface area contributed by atoms with Gasteiger partial charge in [-0.1, -0.05) is 42.1 Å². The SMILES string of the molecule is CC(Sc1nnc(N2CCOCC2)n1-c1ccccc1)/C(O)=C(\C#N)c1nc2ccccc2[nH]1. The number of fused-ring (bicyclic) bond motifs is 1. The number of nitrogens with zero attached hydrogens (tertiary/aromatic N) is 6. The van der Waals surface area contributed by atoms with E-state index >= 15 is 0 Å². The first-order chi connectivity index (χ1) is 16.7. The number of hydrogen-bond acceptors (Lipinski definition) is 8. The van der Waals surface area contributed by atoms with E-state index in [1.54, 1.807) is 0 Å². The number of anilines is 1. The molecule has 3 heterocycles. The van der Waals surface area contributed by atoms with Crippen molar-refractivity contribution in [3.8, 4) is 11.8 Å². The number of imidazole rings is 1. The Balaban J connectivity index is 1.49. The highest BCUT2D eigenvalue weighted by Crippen LogP contribution is 2.33. The van der Waals surface area contributed by atoms with E-state index in [4.69, 9.17) is 4.74 Å². The Morgan fingerprint density at radius 1 is 1.12 bits per heavy atom. The minimum Gasteiger partial charge on any atom is -0.510 e. The first-order valence-corrected chi connectivity index (χ1v) is 11.8. The minimum absolute atomic E-state index is 0.0675. The van der Waals surface area contributed by atoms with E-state index < -0.39 is 5.25 Å². The predicted molar refractivity (Wildman–Crippen MR) is 131 cm³/mol. The molecule has 172 valence electrons. The Morgan fingerprint density at radius 2 is 1.85 bits per heavy atom. The molecule has 0 bridgehead atoms. The fraction of sp³-hybridized carbons (Fsp3) is 0.250. The van der Waals surface area contributed by atoms with Crippen molar-refractivity contribution in [1.82, 2.24) is 24.7 Å². The number of aliphatic hydroxyl groups is 1. The molecule has 2 aromatic heterocycles. The lowest BCUT2D eigenvalue weighted by molar-refractivity contribution is 0.122. The summed E-state index contributed by atoms with van der Waals surface area (Å²) in [6.07, 6.45) is 0. The maximum atomic E-state index is 11.0. The first-order valence-electron chi connectivity index (χ1n) is 10.9. The molecule has 4 aromatic rings. The zero-order chi connectivity index (χ0) is 23.5. The van der Waals surface area contributed by atoms with Crippen LogP contribution in [0.3, 0.4) is 0 Å². The van der Waals surface area contributed by atoms with Crippen LogP contribution in [0.1, 0.15) is 12.7 Å². The third-order valence-electron chi connectivity index (χ3n) is 5.59. The lowest BCUT2D eigenvalue weighted by Crippen LogP contribution is -2.37. The van der Waals surface area contributed by atoms with Crippen LogP contribution in [0, 0.1) is 11.3 Å². The average Bonchev–Trinajstić information content (AvgIpc) is 3.49. The van der Waals surface area contributed by atoms with E-state index in [0.717, 1.165) is 35.8 Å². The molecular formula is C24H23N7O2S. The number of allylic oxidation sites excluding steroid dienone is 1.